The van der Waals surface area contributed by atoms with Gasteiger partial charge in [-0.3, -0.25) is 4.99 Å². The molecule has 1 N–H and O–H groups in total. The van der Waals surface area contributed by atoms with Gasteiger partial charge in [-0.2, -0.15) is 0 Å². The van der Waals surface area contributed by atoms with Gasteiger partial charge in [0.25, 0.3) is 0 Å². The standard InChI is InChI=1S/C13H16FNO/c1-15-12(13(16)7-2-3-8-13)10-5-4-6-11(14)9-10/h4-6,9,16H,2-3,7-8H2,1H3/b15-12-. The second-order valence-electron chi connectivity index (χ2n) is 4.32. The number of nitrogens with zero attached hydrogens (tertiary/aromatic N) is 1. The Labute approximate surface area is 94.8 Å². The van der Waals surface area contributed by atoms with Gasteiger partial charge in [0.05, 0.1) is 5.71 Å². The van der Waals surface area contributed by atoms with E-state index in [1.807, 2.05) is 0 Å². The van der Waals surface area contributed by atoms with Gasteiger partial charge in [-0.25, -0.2) is 4.39 Å². The molecule has 0 atom stereocenters. The number of hydrogen-bond donors (Lipinski definition) is 1. The summed E-state index contributed by atoms with van der Waals surface area (Å²) in [6.07, 6.45) is 3.45. The van der Waals surface area contributed by atoms with Crippen LogP contribution in [0.25, 0.3) is 0 Å². The summed E-state index contributed by atoms with van der Waals surface area (Å²) in [5, 5.41) is 10.4. The lowest BCUT2D eigenvalue weighted by Gasteiger charge is -2.24. The lowest BCUT2D eigenvalue weighted by atomic mass is 9.90. The predicted molar refractivity (Wildman–Crippen MR) is 62.3 cm³/mol. The number of aliphatic hydroxyl groups is 1. The summed E-state index contributed by atoms with van der Waals surface area (Å²) in [4.78, 5) is 4.15. The highest BCUT2D eigenvalue weighted by Crippen LogP contribution is 2.33. The summed E-state index contributed by atoms with van der Waals surface area (Å²) >= 11 is 0. The first-order chi connectivity index (χ1) is 7.65. The van der Waals surface area contributed by atoms with Crippen molar-refractivity contribution in [3.05, 3.63) is 35.6 Å². The molecule has 1 aliphatic carbocycles. The first-order valence-corrected chi connectivity index (χ1v) is 5.61. The number of rotatable bonds is 2. The molecule has 1 aromatic carbocycles. The Morgan fingerprint density at radius 3 is 2.62 bits per heavy atom. The molecular formula is C13H16FNO. The van der Waals surface area contributed by atoms with Crippen LogP contribution in [0.5, 0.6) is 0 Å². The molecule has 0 bridgehead atoms. The minimum absolute atomic E-state index is 0.291. The largest absolute Gasteiger partial charge is 0.384 e. The van der Waals surface area contributed by atoms with Crippen LogP contribution in [0.3, 0.4) is 0 Å². The summed E-state index contributed by atoms with van der Waals surface area (Å²) in [6, 6.07) is 6.27. The maximum atomic E-state index is 13.1. The maximum Gasteiger partial charge on any atom is 0.123 e. The average Bonchev–Trinajstić information content (AvgIpc) is 2.67. The third-order valence-electron chi connectivity index (χ3n) is 3.19. The Morgan fingerprint density at radius 1 is 1.38 bits per heavy atom. The van der Waals surface area contributed by atoms with Crippen LogP contribution in [0.15, 0.2) is 29.3 Å². The summed E-state index contributed by atoms with van der Waals surface area (Å²) in [5.41, 5.74) is 0.444. The molecular weight excluding hydrogens is 205 g/mol. The molecule has 0 heterocycles. The molecule has 2 rings (SSSR count). The van der Waals surface area contributed by atoms with Crippen molar-refractivity contribution in [2.45, 2.75) is 31.3 Å². The Morgan fingerprint density at radius 2 is 2.06 bits per heavy atom. The van der Waals surface area contributed by atoms with Crippen LogP contribution in [-0.2, 0) is 0 Å². The molecule has 86 valence electrons. The van der Waals surface area contributed by atoms with Crippen molar-refractivity contribution < 1.29 is 9.50 Å². The van der Waals surface area contributed by atoms with Crippen LogP contribution in [0.1, 0.15) is 31.2 Å². The monoisotopic (exact) mass is 221 g/mol. The van der Waals surface area contributed by atoms with E-state index in [-0.39, 0.29) is 5.82 Å². The zero-order valence-electron chi connectivity index (χ0n) is 9.41. The van der Waals surface area contributed by atoms with Gasteiger partial charge in [0.1, 0.15) is 11.4 Å². The Kier molecular flexibility index (Phi) is 3.06. The first kappa shape index (κ1) is 11.3. The molecule has 3 heteroatoms. The smallest absolute Gasteiger partial charge is 0.123 e. The molecule has 16 heavy (non-hydrogen) atoms. The molecule has 1 aliphatic rings. The van der Waals surface area contributed by atoms with Crippen molar-refractivity contribution in [3.63, 3.8) is 0 Å². The van der Waals surface area contributed by atoms with E-state index in [0.29, 0.717) is 11.3 Å². The summed E-state index contributed by atoms with van der Waals surface area (Å²) in [6.45, 7) is 0. The average molecular weight is 221 g/mol. The van der Waals surface area contributed by atoms with Crippen LogP contribution in [0.4, 0.5) is 4.39 Å². The molecule has 0 unspecified atom stereocenters. The lowest BCUT2D eigenvalue weighted by molar-refractivity contribution is 0.121. The van der Waals surface area contributed by atoms with E-state index in [2.05, 4.69) is 4.99 Å². The fraction of sp³-hybridized carbons (Fsp3) is 0.462. The van der Waals surface area contributed by atoms with E-state index in [0.717, 1.165) is 25.7 Å². The van der Waals surface area contributed by atoms with E-state index >= 15 is 0 Å². The maximum absolute atomic E-state index is 13.1. The predicted octanol–water partition coefficient (Wildman–Crippen LogP) is 2.55. The van der Waals surface area contributed by atoms with Crippen LogP contribution >= 0.6 is 0 Å². The molecule has 1 saturated carbocycles. The third-order valence-corrected chi connectivity index (χ3v) is 3.19. The molecule has 0 aliphatic heterocycles. The molecule has 2 nitrogen and oxygen atoms in total. The van der Waals surface area contributed by atoms with Gasteiger partial charge in [-0.1, -0.05) is 25.0 Å². The number of aliphatic imine (C=N–C) groups is 1. The van der Waals surface area contributed by atoms with Gasteiger partial charge in [0.2, 0.25) is 0 Å². The molecule has 1 aromatic rings. The second-order valence-corrected chi connectivity index (χ2v) is 4.32. The minimum Gasteiger partial charge on any atom is -0.384 e. The van der Waals surface area contributed by atoms with Gasteiger partial charge < -0.3 is 5.11 Å². The molecule has 0 saturated heterocycles. The molecule has 0 radical (unpaired) electrons. The summed E-state index contributed by atoms with van der Waals surface area (Å²) in [5.74, 6) is -0.291. The minimum atomic E-state index is -0.859. The topological polar surface area (TPSA) is 32.6 Å². The van der Waals surface area contributed by atoms with Gasteiger partial charge in [0, 0.05) is 12.6 Å². The number of halogens is 1. The summed E-state index contributed by atoms with van der Waals surface area (Å²) < 4.78 is 13.1. The van der Waals surface area contributed by atoms with Crippen molar-refractivity contribution >= 4 is 5.71 Å². The zero-order chi connectivity index (χ0) is 11.6. The lowest BCUT2D eigenvalue weighted by Crippen LogP contribution is -2.36. The summed E-state index contributed by atoms with van der Waals surface area (Å²) in [7, 11) is 1.65. The highest BCUT2D eigenvalue weighted by atomic mass is 19.1. The Hall–Kier alpha value is -1.22. The van der Waals surface area contributed by atoms with Crippen molar-refractivity contribution in [3.8, 4) is 0 Å². The normalized spacial score (nSPS) is 20.1. The van der Waals surface area contributed by atoms with E-state index in [1.165, 1.54) is 12.1 Å². The SMILES string of the molecule is C/N=C(/c1cccc(F)c1)C1(O)CCCC1. The fourth-order valence-corrected chi connectivity index (χ4v) is 2.44. The molecule has 0 spiro atoms. The fourth-order valence-electron chi connectivity index (χ4n) is 2.44. The van der Waals surface area contributed by atoms with Crippen LogP contribution in [0.2, 0.25) is 0 Å². The first-order valence-electron chi connectivity index (χ1n) is 5.61. The van der Waals surface area contributed by atoms with Gasteiger partial charge in [-0.15, -0.1) is 0 Å². The highest BCUT2D eigenvalue weighted by Gasteiger charge is 2.36. The van der Waals surface area contributed by atoms with E-state index in [1.54, 1.807) is 19.2 Å². The third kappa shape index (κ3) is 2.00. The van der Waals surface area contributed by atoms with Gasteiger partial charge >= 0.3 is 0 Å². The van der Waals surface area contributed by atoms with Crippen molar-refractivity contribution in [2.75, 3.05) is 7.05 Å². The molecule has 1 fully saturated rings. The van der Waals surface area contributed by atoms with Crippen molar-refractivity contribution in [1.29, 1.82) is 0 Å². The molecule has 0 aromatic heterocycles. The van der Waals surface area contributed by atoms with E-state index in [4.69, 9.17) is 0 Å². The highest BCUT2D eigenvalue weighted by molar-refractivity contribution is 6.06. The van der Waals surface area contributed by atoms with E-state index in [9.17, 15) is 9.50 Å². The van der Waals surface area contributed by atoms with E-state index < -0.39 is 5.60 Å². The van der Waals surface area contributed by atoms with Gasteiger partial charge in [0.15, 0.2) is 0 Å². The van der Waals surface area contributed by atoms with Crippen molar-refractivity contribution in [2.24, 2.45) is 4.99 Å². The van der Waals surface area contributed by atoms with Gasteiger partial charge in [-0.05, 0) is 25.0 Å². The van der Waals surface area contributed by atoms with Crippen LogP contribution in [-0.4, -0.2) is 23.5 Å². The van der Waals surface area contributed by atoms with Crippen LogP contribution in [0, 0.1) is 5.82 Å². The number of hydrogen-bond acceptors (Lipinski definition) is 2. The molecule has 0 amide bonds. The quantitative estimate of drug-likeness (QED) is 0.765. The number of benzene rings is 1. The van der Waals surface area contributed by atoms with Crippen LogP contribution < -0.4 is 0 Å². The second kappa shape index (κ2) is 4.34. The van der Waals surface area contributed by atoms with Crippen molar-refractivity contribution in [1.82, 2.24) is 0 Å². The Balaban J connectivity index is 2.37. The zero-order valence-corrected chi connectivity index (χ0v) is 9.41. The Bertz CT molecular complexity index is 408.